The summed E-state index contributed by atoms with van der Waals surface area (Å²) in [6, 6.07) is 17.7. The molecule has 0 spiro atoms. The molecule has 2 N–H and O–H groups in total. The Labute approximate surface area is 128 Å². The number of ether oxygens (including phenoxy) is 1. The van der Waals surface area contributed by atoms with Crippen molar-refractivity contribution in [3.63, 3.8) is 0 Å². The van der Waals surface area contributed by atoms with Crippen LogP contribution in [0.15, 0.2) is 60.7 Å². The summed E-state index contributed by atoms with van der Waals surface area (Å²) in [5.74, 6) is 0. The van der Waals surface area contributed by atoms with Gasteiger partial charge in [0.05, 0.1) is 6.16 Å². The Hall–Kier alpha value is -2.14. The van der Waals surface area contributed by atoms with Gasteiger partial charge in [-0.2, -0.15) is 10.1 Å². The predicted octanol–water partition coefficient (Wildman–Crippen LogP) is 3.23. The third-order valence-corrected chi connectivity index (χ3v) is 3.85. The van der Waals surface area contributed by atoms with Crippen LogP contribution in [0.2, 0.25) is 0 Å². The average molecular weight is 321 g/mol. The number of carbonyl (C=O) groups is 1. The fourth-order valence-electron chi connectivity index (χ4n) is 1.71. The minimum atomic E-state index is -3.98. The number of nitrogens with one attached hydrogen (secondary N) is 1. The van der Waals surface area contributed by atoms with Gasteiger partial charge in [0.25, 0.3) is 0 Å². The molecule has 0 bridgehead atoms. The molecule has 0 radical (unpaired) electrons. The summed E-state index contributed by atoms with van der Waals surface area (Å²) in [7, 11) is -3.98. The van der Waals surface area contributed by atoms with Gasteiger partial charge in [-0.25, -0.2) is 4.79 Å². The van der Waals surface area contributed by atoms with E-state index in [1.165, 1.54) is 0 Å². The monoisotopic (exact) mass is 321 g/mol. The highest BCUT2D eigenvalue weighted by Crippen LogP contribution is 2.44. The second-order valence-corrected chi connectivity index (χ2v) is 6.31. The fraction of sp³-hybridized carbons (Fsp3) is 0.133. The first-order valence-electron chi connectivity index (χ1n) is 6.56. The summed E-state index contributed by atoms with van der Waals surface area (Å²) in [4.78, 5) is 21.1. The number of rotatable bonds is 6. The lowest BCUT2D eigenvalue weighted by atomic mass is 10.2. The SMILES string of the molecule is O=C(NOP(=O)(O)Cc1ccccc1)OCc1ccccc1. The van der Waals surface area contributed by atoms with E-state index < -0.39 is 13.7 Å². The largest absolute Gasteiger partial charge is 0.443 e. The smallest absolute Gasteiger partial charge is 0.432 e. The Balaban J connectivity index is 1.76. The van der Waals surface area contributed by atoms with Crippen molar-refractivity contribution < 1.29 is 23.6 Å². The van der Waals surface area contributed by atoms with E-state index in [-0.39, 0.29) is 12.8 Å². The number of hydrogen-bond donors (Lipinski definition) is 2. The lowest BCUT2D eigenvalue weighted by molar-refractivity contribution is 0.0882. The minimum absolute atomic E-state index is 0.0461. The molecule has 0 aliphatic rings. The van der Waals surface area contributed by atoms with Crippen LogP contribution in [0.3, 0.4) is 0 Å². The molecule has 0 aliphatic carbocycles. The maximum absolute atomic E-state index is 11.8. The summed E-state index contributed by atoms with van der Waals surface area (Å²) in [5.41, 5.74) is 3.27. The van der Waals surface area contributed by atoms with Crippen molar-refractivity contribution in [2.24, 2.45) is 0 Å². The first kappa shape index (κ1) is 16.2. The number of carbonyl (C=O) groups excluding carboxylic acids is 1. The normalized spacial score (nSPS) is 13.1. The van der Waals surface area contributed by atoms with Gasteiger partial charge in [-0.3, -0.25) is 4.57 Å². The molecule has 0 aliphatic heterocycles. The molecule has 1 amide bonds. The molecule has 0 fully saturated rings. The first-order valence-corrected chi connectivity index (χ1v) is 8.32. The van der Waals surface area contributed by atoms with E-state index in [1.807, 2.05) is 23.7 Å². The number of hydrogen-bond acceptors (Lipinski definition) is 4. The molecule has 116 valence electrons. The van der Waals surface area contributed by atoms with Crippen LogP contribution in [0.25, 0.3) is 0 Å². The molecule has 2 aromatic carbocycles. The Morgan fingerprint density at radius 2 is 1.55 bits per heavy atom. The van der Waals surface area contributed by atoms with Gasteiger partial charge in [-0.05, 0) is 11.1 Å². The van der Waals surface area contributed by atoms with E-state index >= 15 is 0 Å². The number of hydroxylamine groups is 1. The number of benzene rings is 2. The predicted molar refractivity (Wildman–Crippen MR) is 80.8 cm³/mol. The van der Waals surface area contributed by atoms with Crippen molar-refractivity contribution in [3.8, 4) is 0 Å². The van der Waals surface area contributed by atoms with E-state index in [1.54, 1.807) is 42.5 Å². The van der Waals surface area contributed by atoms with Crippen LogP contribution in [0.5, 0.6) is 0 Å². The van der Waals surface area contributed by atoms with Crippen LogP contribution in [-0.4, -0.2) is 11.0 Å². The van der Waals surface area contributed by atoms with Gasteiger partial charge in [-0.15, -0.1) is 0 Å². The summed E-state index contributed by atoms with van der Waals surface area (Å²) in [6.07, 6.45) is -1.13. The highest BCUT2D eigenvalue weighted by atomic mass is 31.2. The average Bonchev–Trinajstić information content (AvgIpc) is 2.53. The van der Waals surface area contributed by atoms with Gasteiger partial charge in [0.2, 0.25) is 0 Å². The van der Waals surface area contributed by atoms with Gasteiger partial charge < -0.3 is 9.63 Å². The minimum Gasteiger partial charge on any atom is -0.443 e. The standard InChI is InChI=1S/C15H16NO5P/c17-15(20-11-13-7-3-1-4-8-13)16-21-22(18,19)12-14-9-5-2-6-10-14/h1-10H,11-12H2,(H,16,17)(H,18,19). The van der Waals surface area contributed by atoms with Gasteiger partial charge in [0.15, 0.2) is 0 Å². The lowest BCUT2D eigenvalue weighted by Crippen LogP contribution is -2.23. The molecule has 6 nitrogen and oxygen atoms in total. The summed E-state index contributed by atoms with van der Waals surface area (Å²) in [5, 5.41) is 0. The molecule has 7 heteroatoms. The highest BCUT2D eigenvalue weighted by molar-refractivity contribution is 7.51. The molecule has 0 aromatic heterocycles. The quantitative estimate of drug-likeness (QED) is 0.630. The van der Waals surface area contributed by atoms with Crippen LogP contribution in [0.4, 0.5) is 4.79 Å². The van der Waals surface area contributed by atoms with Gasteiger partial charge in [-0.1, -0.05) is 60.7 Å². The zero-order valence-corrected chi connectivity index (χ0v) is 12.6. The van der Waals surface area contributed by atoms with E-state index in [0.29, 0.717) is 5.56 Å². The maximum atomic E-state index is 11.8. The molecule has 0 heterocycles. The highest BCUT2D eigenvalue weighted by Gasteiger charge is 2.22. The van der Waals surface area contributed by atoms with E-state index in [2.05, 4.69) is 4.62 Å². The Kier molecular flexibility index (Phi) is 5.72. The van der Waals surface area contributed by atoms with Crippen molar-refractivity contribution in [2.75, 3.05) is 0 Å². The van der Waals surface area contributed by atoms with Crippen LogP contribution in [0.1, 0.15) is 11.1 Å². The molecule has 1 atom stereocenters. The third-order valence-electron chi connectivity index (χ3n) is 2.71. The van der Waals surface area contributed by atoms with Crippen LogP contribution in [-0.2, 0) is 26.7 Å². The van der Waals surface area contributed by atoms with E-state index in [4.69, 9.17) is 4.74 Å². The van der Waals surface area contributed by atoms with Gasteiger partial charge in [0.1, 0.15) is 6.61 Å². The Morgan fingerprint density at radius 3 is 2.14 bits per heavy atom. The van der Waals surface area contributed by atoms with Crippen molar-refractivity contribution in [1.29, 1.82) is 0 Å². The van der Waals surface area contributed by atoms with Crippen LogP contribution < -0.4 is 5.48 Å². The molecule has 22 heavy (non-hydrogen) atoms. The molecule has 0 saturated heterocycles. The van der Waals surface area contributed by atoms with Crippen molar-refractivity contribution >= 4 is 13.7 Å². The second-order valence-electron chi connectivity index (χ2n) is 4.54. The molecule has 0 saturated carbocycles. The topological polar surface area (TPSA) is 84.9 Å². The van der Waals surface area contributed by atoms with Crippen LogP contribution in [0, 0.1) is 0 Å². The van der Waals surface area contributed by atoms with Crippen LogP contribution >= 0.6 is 7.60 Å². The van der Waals surface area contributed by atoms with E-state index in [9.17, 15) is 14.3 Å². The number of amides is 1. The molecule has 2 aromatic rings. The second kappa shape index (κ2) is 7.75. The summed E-state index contributed by atoms with van der Waals surface area (Å²) >= 11 is 0. The zero-order chi connectivity index (χ0) is 15.8. The Morgan fingerprint density at radius 1 is 1.00 bits per heavy atom. The molecular formula is C15H16NO5P. The van der Waals surface area contributed by atoms with E-state index in [0.717, 1.165) is 5.56 Å². The zero-order valence-electron chi connectivity index (χ0n) is 11.7. The Bertz CT molecular complexity index is 647. The lowest BCUT2D eigenvalue weighted by Gasteiger charge is -2.12. The third kappa shape index (κ3) is 5.69. The maximum Gasteiger partial charge on any atom is 0.432 e. The van der Waals surface area contributed by atoms with Gasteiger partial charge >= 0.3 is 13.7 Å². The van der Waals surface area contributed by atoms with Crippen molar-refractivity contribution in [2.45, 2.75) is 12.8 Å². The first-order chi connectivity index (χ1) is 10.6. The molecule has 1 unspecified atom stereocenters. The summed E-state index contributed by atoms with van der Waals surface area (Å²) in [6.45, 7) is 0.0461. The summed E-state index contributed by atoms with van der Waals surface area (Å²) < 4.78 is 21.3. The molecule has 2 rings (SSSR count). The fourth-order valence-corrected chi connectivity index (χ4v) is 2.66. The van der Waals surface area contributed by atoms with Gasteiger partial charge in [0, 0.05) is 0 Å². The van der Waals surface area contributed by atoms with Crippen molar-refractivity contribution in [1.82, 2.24) is 5.48 Å². The molecular weight excluding hydrogens is 305 g/mol. The van der Waals surface area contributed by atoms with Crippen molar-refractivity contribution in [3.05, 3.63) is 71.8 Å².